The highest BCUT2D eigenvalue weighted by molar-refractivity contribution is 6.74. The van der Waals surface area contributed by atoms with Crippen molar-refractivity contribution >= 4 is 159 Å². The molecule has 0 aromatic heterocycles. The van der Waals surface area contributed by atoms with Crippen molar-refractivity contribution in [1.29, 1.82) is 0 Å². The van der Waals surface area contributed by atoms with Crippen LogP contribution in [-0.2, 0) is 118 Å². The number of halogens is 1. The number of hydrogen-bond donors (Lipinski definition) is 16. The van der Waals surface area contributed by atoms with E-state index >= 15 is 0 Å². The van der Waals surface area contributed by atoms with Gasteiger partial charge in [-0.3, -0.25) is 62.3 Å². The molecule has 38 nitrogen and oxygen atoms in total. The number of nitrogens with zero attached hydrogens (tertiary/aromatic N) is 4. The molecule has 20 N–H and O–H groups in total. The number of hydrogen-bond acceptors (Lipinski definition) is 29. The number of aliphatic hydroxyl groups is 4. The van der Waals surface area contributed by atoms with Crippen LogP contribution in [0.4, 0.5) is 51.2 Å². The second-order valence-corrected chi connectivity index (χ2v) is 37.8. The molecule has 0 unspecified atom stereocenters. The Hall–Kier alpha value is -14.5. The summed E-state index contributed by atoms with van der Waals surface area (Å²) in [6, 6.07) is 72.1. The maximum atomic E-state index is 12.7. The maximum absolute atomic E-state index is 12.7. The summed E-state index contributed by atoms with van der Waals surface area (Å²) in [5.74, 6) is 5.64. The van der Waals surface area contributed by atoms with Crippen LogP contribution in [0.3, 0.4) is 0 Å². The first kappa shape index (κ1) is 128. The summed E-state index contributed by atoms with van der Waals surface area (Å²) in [7, 11) is -1.58. The van der Waals surface area contributed by atoms with Gasteiger partial charge in [0.05, 0.1) is 64.6 Å². The van der Waals surface area contributed by atoms with E-state index in [0.717, 1.165) is 65.3 Å². The van der Waals surface area contributed by atoms with E-state index in [2.05, 4.69) is 120 Å². The summed E-state index contributed by atoms with van der Waals surface area (Å²) in [6.45, 7) is 26.6. The topological polar surface area (TPSA) is 603 Å². The third kappa shape index (κ3) is 56.8. The normalized spacial score (nSPS) is 10.2. The number of Topliss-reactive ketones (excluding diaryl/α,β-unsaturated/α-hetero) is 3. The number of nitrogens with two attached hydrogens (primary N) is 4. The predicted molar refractivity (Wildman–Crippen MR) is 557 cm³/mol. The number of benzene rings is 9. The molecule has 144 heavy (non-hydrogen) atoms. The van der Waals surface area contributed by atoms with Gasteiger partial charge in [-0.1, -0.05) is 189 Å². The predicted octanol–water partition coefficient (Wildman–Crippen LogP) is 11.6. The fourth-order valence-electron chi connectivity index (χ4n) is 12.0. The molecule has 0 spiro atoms. The number of carboxylic acids is 2. The molecule has 0 radical (unpaired) electrons. The van der Waals surface area contributed by atoms with E-state index in [0.29, 0.717) is 57.8 Å². The molecule has 0 saturated carbocycles. The number of para-hydroxylation sites is 4. The van der Waals surface area contributed by atoms with Crippen LogP contribution in [0.15, 0.2) is 243 Å². The lowest BCUT2D eigenvalue weighted by molar-refractivity contribution is -0.147. The molecule has 0 aliphatic rings. The van der Waals surface area contributed by atoms with E-state index in [-0.39, 0.29) is 82.2 Å². The number of aliphatic carboxylic acids is 2. The van der Waals surface area contributed by atoms with Gasteiger partial charge < -0.3 is 102 Å². The smallest absolute Gasteiger partial charge is 0.333 e. The van der Waals surface area contributed by atoms with Gasteiger partial charge >= 0.3 is 23.9 Å². The first-order valence-corrected chi connectivity index (χ1v) is 49.2. The quantitative estimate of drug-likeness (QED) is 0.00421. The van der Waals surface area contributed by atoms with Crippen molar-refractivity contribution in [3.05, 3.63) is 270 Å². The largest absolute Gasteiger partial charge is 0.481 e. The molecule has 9 rings (SSSR count). The van der Waals surface area contributed by atoms with Gasteiger partial charge in [-0.05, 0) is 199 Å². The van der Waals surface area contributed by atoms with Gasteiger partial charge in [-0.25, -0.2) is 15.5 Å². The summed E-state index contributed by atoms with van der Waals surface area (Å²) < 4.78 is 6.09. The number of ketones is 3. The van der Waals surface area contributed by atoms with E-state index in [1.807, 2.05) is 111 Å². The highest BCUT2D eigenvalue weighted by Gasteiger charge is 2.37. The zero-order valence-corrected chi connectivity index (χ0v) is 84.8. The first-order chi connectivity index (χ1) is 68.6. The highest BCUT2D eigenvalue weighted by atomic mass is 35.5. The molecular formula is C104H138ClN13O25Si. The summed E-state index contributed by atoms with van der Waals surface area (Å²) in [5.41, 5.74) is 15.5. The third-order valence-electron chi connectivity index (χ3n) is 20.3. The van der Waals surface area contributed by atoms with Crippen LogP contribution in [0.1, 0.15) is 128 Å². The number of aliphatic hydroxyl groups excluding tert-OH is 4. The van der Waals surface area contributed by atoms with Gasteiger partial charge in [0.1, 0.15) is 32.7 Å². The lowest BCUT2D eigenvalue weighted by Gasteiger charge is -2.36. The molecule has 9 aromatic carbocycles. The molecule has 0 fully saturated rings. The van der Waals surface area contributed by atoms with Crippen LogP contribution in [-0.4, -0.2) is 216 Å². The molecule has 0 aliphatic heterocycles. The zero-order chi connectivity index (χ0) is 108. The second kappa shape index (κ2) is 73.6. The van der Waals surface area contributed by atoms with Crippen LogP contribution in [0.2, 0.25) is 18.1 Å². The number of carbonyl (C=O) groups is 15. The number of nitrogens with one attached hydrogen (secondary N) is 5. The molecule has 0 saturated heterocycles. The minimum absolute atomic E-state index is 0.00512. The highest BCUT2D eigenvalue weighted by Crippen LogP contribution is 2.36. The van der Waals surface area contributed by atoms with E-state index in [1.54, 1.807) is 143 Å². The Labute approximate surface area is 845 Å². The van der Waals surface area contributed by atoms with Crippen molar-refractivity contribution in [2.75, 3.05) is 126 Å². The molecule has 9 aromatic rings. The number of rotatable bonds is 44. The van der Waals surface area contributed by atoms with Crippen LogP contribution in [0.25, 0.3) is 0 Å². The fourth-order valence-corrected chi connectivity index (χ4v) is 13.2. The molecule has 40 heteroatoms. The minimum Gasteiger partial charge on any atom is -0.481 e. The number of carboxylic acid groups (broad SMARTS) is 2. The Morgan fingerprint density at radius 2 is 0.639 bits per heavy atom. The average Bonchev–Trinajstić information content (AvgIpc) is 0.918. The molecule has 0 atom stereocenters. The molecule has 0 aliphatic carbocycles. The zero-order valence-electron chi connectivity index (χ0n) is 83.0. The lowest BCUT2D eigenvalue weighted by Crippen LogP contribution is -2.41. The molecule has 780 valence electrons. The summed E-state index contributed by atoms with van der Waals surface area (Å²) in [6.07, 6.45) is 0.277. The van der Waals surface area contributed by atoms with Gasteiger partial charge in [-0.15, -0.1) is 0 Å². The summed E-state index contributed by atoms with van der Waals surface area (Å²) in [4.78, 5) is 184. The van der Waals surface area contributed by atoms with Crippen molar-refractivity contribution in [2.45, 2.75) is 151 Å². The van der Waals surface area contributed by atoms with Gasteiger partial charge in [0.25, 0.3) is 0 Å². The van der Waals surface area contributed by atoms with Crippen LogP contribution < -0.4 is 64.7 Å². The van der Waals surface area contributed by atoms with Crippen molar-refractivity contribution < 1.29 is 122 Å². The van der Waals surface area contributed by atoms with Crippen LogP contribution in [0, 0.1) is 0 Å². The number of amides is 7. The van der Waals surface area contributed by atoms with E-state index in [4.69, 9.17) is 58.4 Å². The first-order valence-electron chi connectivity index (χ1n) is 45.9. The molecular weight excluding hydrogens is 1890 g/mol. The SMILES string of the molecule is CC(C)(C)[Si](C)(C)OCCNc1ccccc1.CCCN(C(=O)Cc1ccc(NC(=O)CC(=O)CO)cc1)c1ccccc1.CCCN(C(=O)Cc1ccc(NC(=O)CC(=O)ON)cc1)c1ccccc1.CCN(CC)CC.NO.NOC(=O)CC(=O)Nc1ccc(CC(=O)N(CCO)c2ccccc2)cc1.Nc1ccc(CC(=O)O)cc1.O=C(Cl)CC(=O)CO.O=C(O)Cc1ccc(NC(=O)CC(=O)CO)cc1. The van der Waals surface area contributed by atoms with E-state index in [9.17, 15) is 77.0 Å². The van der Waals surface area contributed by atoms with Crippen molar-refractivity contribution in [2.24, 2.45) is 17.7 Å². The number of anilines is 9. The van der Waals surface area contributed by atoms with Crippen LogP contribution in [0.5, 0.6) is 0 Å². The van der Waals surface area contributed by atoms with Crippen molar-refractivity contribution in [3.63, 3.8) is 0 Å². The Morgan fingerprint density at radius 3 is 0.882 bits per heavy atom. The summed E-state index contributed by atoms with van der Waals surface area (Å²) >= 11 is 4.78. The van der Waals surface area contributed by atoms with Crippen molar-refractivity contribution in [3.8, 4) is 0 Å². The standard InChI is InChI=1S/C21H24N2O4.C20H23N3O4.C19H21N3O5.C14H25NOSi.C12H13NO5.C8H9NO2.C6H15N.C4H5ClO3.H3NO/c1-2-12-23(18-6-4-3-5-7-18)21(27)13-16-8-10-17(11-9-16)22-20(26)14-19(25)15-24;1-2-12-23(17-6-4-3-5-7-17)19(25)13-15-8-10-16(11-9-15)22-18(24)14-20(26)27-21;20-27-19(26)13-17(24)21-15-8-6-14(7-9-15)12-18(25)22(10-11-23)16-4-2-1-3-5-16;1-14(2,3)17(4,5)16-12-11-15-13-9-7-6-8-10-13;14-7-10(15)6-11(16)13-9-3-1-8(2-4-9)5-12(17)18;9-7-3-1-6(2-4-7)5-8(10)11;1-4-7(5-2)6-3;5-4(8)1-3(7)2-6;1-2/h3-11,24H,2,12-15H2,1H3,(H,22,26);3-11H,2,12-14,21H2,1H3,(H,22,24);1-9,23H,10-13,20H2,(H,21,24);6-10,15H,11-12H2,1-5H3;1-4,14H,5-7H2,(H,13,16)(H,17,18);1-4H,5,9H2,(H,10,11);4-6H2,1-3H3;6H,1-2H2;2H,1H2. The Morgan fingerprint density at radius 1 is 0.368 bits per heavy atom. The third-order valence-corrected chi connectivity index (χ3v) is 25.0. The lowest BCUT2D eigenvalue weighted by atomic mass is 10.1. The monoisotopic (exact) mass is 2030 g/mol. The number of carbonyl (C=O) groups excluding carboxylic acids is 13. The average molecular weight is 2030 g/mol. The van der Waals surface area contributed by atoms with Crippen LogP contribution >= 0.6 is 11.6 Å². The van der Waals surface area contributed by atoms with Gasteiger partial charge in [-0.2, -0.15) is 11.8 Å². The number of nitrogen functional groups attached to an aromatic ring is 1. The van der Waals surface area contributed by atoms with Gasteiger partial charge in [0.2, 0.25) is 46.6 Å². The summed E-state index contributed by atoms with van der Waals surface area (Å²) in [5, 5.41) is 71.0. The van der Waals surface area contributed by atoms with E-state index < -0.39 is 111 Å². The maximum Gasteiger partial charge on any atom is 0.333 e. The fraction of sp³-hybridized carbons (Fsp3) is 0.337. The van der Waals surface area contributed by atoms with Crippen molar-refractivity contribution in [1.82, 2.24) is 4.90 Å². The van der Waals surface area contributed by atoms with Gasteiger partial charge in [0, 0.05) is 77.4 Å². The molecule has 7 amide bonds. The second-order valence-electron chi connectivity index (χ2n) is 32.6. The molecule has 0 heterocycles. The van der Waals surface area contributed by atoms with Gasteiger partial charge in [0.15, 0.2) is 25.7 Å². The minimum atomic E-state index is -1.58. The molecule has 0 bridgehead atoms. The Balaban J connectivity index is 0.000000849. The van der Waals surface area contributed by atoms with E-state index in [1.165, 1.54) is 24.5 Å². The Kier molecular flexibility index (Phi) is 65.2. The Bertz CT molecular complexity index is 5000.